The predicted octanol–water partition coefficient (Wildman–Crippen LogP) is 3.81. The highest BCUT2D eigenvalue weighted by Crippen LogP contribution is 2.26. The van der Waals surface area contributed by atoms with Crippen LogP contribution < -0.4 is 5.73 Å². The number of nitrogens with zero attached hydrogens (tertiary/aromatic N) is 2. The molecule has 0 aliphatic rings. The second-order valence-corrected chi connectivity index (χ2v) is 5.91. The summed E-state index contributed by atoms with van der Waals surface area (Å²) in [5.74, 6) is 1.15. The molecule has 1 atom stereocenters. The van der Waals surface area contributed by atoms with Crippen molar-refractivity contribution in [2.24, 2.45) is 11.8 Å². The van der Waals surface area contributed by atoms with Gasteiger partial charge in [0.05, 0.1) is 15.5 Å². The lowest BCUT2D eigenvalue weighted by atomic mass is 9.98. The van der Waals surface area contributed by atoms with Crippen LogP contribution >= 0.6 is 15.9 Å². The smallest absolute Gasteiger partial charge is 0.201 e. The van der Waals surface area contributed by atoms with Crippen LogP contribution in [0.2, 0.25) is 0 Å². The van der Waals surface area contributed by atoms with Crippen LogP contribution in [0.1, 0.15) is 20.8 Å². The Kier molecular flexibility index (Phi) is 3.61. The lowest BCUT2D eigenvalue weighted by Gasteiger charge is -2.17. The number of rotatable bonds is 3. The van der Waals surface area contributed by atoms with Gasteiger partial charge < -0.3 is 10.3 Å². The summed E-state index contributed by atoms with van der Waals surface area (Å²) in [5, 5.41) is 0. The van der Waals surface area contributed by atoms with E-state index in [-0.39, 0.29) is 5.82 Å². The van der Waals surface area contributed by atoms with Crippen molar-refractivity contribution in [1.82, 2.24) is 9.55 Å². The molecule has 0 saturated heterocycles. The molecule has 1 aromatic heterocycles. The first-order valence-electron chi connectivity index (χ1n) is 6.01. The van der Waals surface area contributed by atoms with E-state index >= 15 is 0 Å². The van der Waals surface area contributed by atoms with Crippen LogP contribution in [-0.4, -0.2) is 9.55 Å². The van der Waals surface area contributed by atoms with Crippen molar-refractivity contribution in [3.63, 3.8) is 0 Å². The zero-order valence-corrected chi connectivity index (χ0v) is 12.3. The quantitative estimate of drug-likeness (QED) is 0.936. The third-order valence-electron chi connectivity index (χ3n) is 3.43. The molecule has 0 saturated carbocycles. The van der Waals surface area contributed by atoms with Gasteiger partial charge in [0.15, 0.2) is 0 Å². The van der Waals surface area contributed by atoms with Gasteiger partial charge in [-0.25, -0.2) is 9.37 Å². The van der Waals surface area contributed by atoms with Crippen LogP contribution in [0.4, 0.5) is 10.3 Å². The molecule has 0 radical (unpaired) electrons. The molecular formula is C13H17BrFN3. The van der Waals surface area contributed by atoms with Gasteiger partial charge in [-0.2, -0.15) is 0 Å². The van der Waals surface area contributed by atoms with Crippen molar-refractivity contribution in [2.75, 3.05) is 5.73 Å². The Morgan fingerprint density at radius 2 is 2.06 bits per heavy atom. The van der Waals surface area contributed by atoms with Crippen LogP contribution in [0.25, 0.3) is 11.0 Å². The summed E-state index contributed by atoms with van der Waals surface area (Å²) in [6.07, 6.45) is 0. The fourth-order valence-corrected chi connectivity index (χ4v) is 2.16. The van der Waals surface area contributed by atoms with Crippen molar-refractivity contribution < 1.29 is 4.39 Å². The standard InChI is InChI=1S/C13H17BrFN3/c1-7(2)8(3)6-18-12-5-10(15)9(14)4-11(12)17-13(18)16/h4-5,7-8H,6H2,1-3H3,(H2,16,17). The zero-order valence-electron chi connectivity index (χ0n) is 10.7. The molecule has 2 rings (SSSR count). The van der Waals surface area contributed by atoms with Gasteiger partial charge in [-0.1, -0.05) is 20.8 Å². The highest BCUT2D eigenvalue weighted by Gasteiger charge is 2.15. The maximum absolute atomic E-state index is 13.6. The van der Waals surface area contributed by atoms with Crippen molar-refractivity contribution >= 4 is 32.9 Å². The van der Waals surface area contributed by atoms with E-state index in [0.29, 0.717) is 22.3 Å². The second-order valence-electron chi connectivity index (χ2n) is 5.06. The summed E-state index contributed by atoms with van der Waals surface area (Å²) >= 11 is 3.16. The number of anilines is 1. The Labute approximate surface area is 114 Å². The molecular weight excluding hydrogens is 297 g/mol. The number of benzene rings is 1. The van der Waals surface area contributed by atoms with E-state index in [1.165, 1.54) is 6.07 Å². The topological polar surface area (TPSA) is 43.8 Å². The molecule has 1 aromatic carbocycles. The van der Waals surface area contributed by atoms with Crippen LogP contribution in [0.3, 0.4) is 0 Å². The molecule has 0 aliphatic heterocycles. The predicted molar refractivity (Wildman–Crippen MR) is 75.8 cm³/mol. The second kappa shape index (κ2) is 4.88. The molecule has 98 valence electrons. The Bertz CT molecular complexity index is 577. The molecule has 1 heterocycles. The Hall–Kier alpha value is -1.10. The van der Waals surface area contributed by atoms with Gasteiger partial charge in [0.2, 0.25) is 5.95 Å². The van der Waals surface area contributed by atoms with Crippen molar-refractivity contribution in [3.05, 3.63) is 22.4 Å². The number of halogens is 2. The molecule has 0 spiro atoms. The Morgan fingerprint density at radius 3 is 2.67 bits per heavy atom. The third kappa shape index (κ3) is 2.36. The van der Waals surface area contributed by atoms with Gasteiger partial charge >= 0.3 is 0 Å². The van der Waals surface area contributed by atoms with Gasteiger partial charge in [0.25, 0.3) is 0 Å². The van der Waals surface area contributed by atoms with Gasteiger partial charge in [-0.05, 0) is 33.8 Å². The molecule has 0 amide bonds. The largest absolute Gasteiger partial charge is 0.369 e. The molecule has 2 aromatic rings. The highest BCUT2D eigenvalue weighted by molar-refractivity contribution is 9.10. The number of imidazole rings is 1. The minimum atomic E-state index is -0.291. The average Bonchev–Trinajstić information content (AvgIpc) is 2.56. The van der Waals surface area contributed by atoms with Gasteiger partial charge in [0.1, 0.15) is 5.82 Å². The van der Waals surface area contributed by atoms with Gasteiger partial charge in [0, 0.05) is 12.6 Å². The lowest BCUT2D eigenvalue weighted by molar-refractivity contribution is 0.371. The van der Waals surface area contributed by atoms with Crippen molar-refractivity contribution in [2.45, 2.75) is 27.3 Å². The number of nitrogens with two attached hydrogens (primary N) is 1. The molecule has 5 heteroatoms. The first-order chi connectivity index (χ1) is 8.40. The summed E-state index contributed by atoms with van der Waals surface area (Å²) in [4.78, 5) is 4.27. The Morgan fingerprint density at radius 1 is 1.39 bits per heavy atom. The minimum Gasteiger partial charge on any atom is -0.369 e. The third-order valence-corrected chi connectivity index (χ3v) is 4.04. The number of hydrogen-bond acceptors (Lipinski definition) is 2. The molecule has 0 bridgehead atoms. The summed E-state index contributed by atoms with van der Waals surface area (Å²) in [6, 6.07) is 3.15. The maximum Gasteiger partial charge on any atom is 0.201 e. The van der Waals surface area contributed by atoms with E-state index in [1.807, 2.05) is 4.57 Å². The molecule has 2 N–H and O–H groups in total. The SMILES string of the molecule is CC(C)C(C)Cn1c(N)nc2cc(Br)c(F)cc21. The molecule has 18 heavy (non-hydrogen) atoms. The molecule has 3 nitrogen and oxygen atoms in total. The number of hydrogen-bond donors (Lipinski definition) is 1. The first-order valence-corrected chi connectivity index (χ1v) is 6.80. The van der Waals surface area contributed by atoms with E-state index in [9.17, 15) is 4.39 Å². The van der Waals surface area contributed by atoms with E-state index in [2.05, 4.69) is 41.7 Å². The zero-order chi connectivity index (χ0) is 13.4. The minimum absolute atomic E-state index is 0.291. The van der Waals surface area contributed by atoms with Crippen LogP contribution in [0.5, 0.6) is 0 Å². The van der Waals surface area contributed by atoms with Crippen molar-refractivity contribution in [3.8, 4) is 0 Å². The first kappa shape index (κ1) is 13.3. The van der Waals surface area contributed by atoms with E-state index in [0.717, 1.165) is 17.6 Å². The summed E-state index contributed by atoms with van der Waals surface area (Å²) in [7, 11) is 0. The Balaban J connectivity index is 2.50. The lowest BCUT2D eigenvalue weighted by Crippen LogP contribution is -2.14. The van der Waals surface area contributed by atoms with Gasteiger partial charge in [-0.3, -0.25) is 0 Å². The number of nitrogen functional groups attached to an aromatic ring is 1. The van der Waals surface area contributed by atoms with E-state index in [1.54, 1.807) is 6.07 Å². The monoisotopic (exact) mass is 313 g/mol. The fraction of sp³-hybridized carbons (Fsp3) is 0.462. The van der Waals surface area contributed by atoms with Crippen LogP contribution in [-0.2, 0) is 6.54 Å². The number of aromatic nitrogens is 2. The summed E-state index contributed by atoms with van der Waals surface area (Å²) in [6.45, 7) is 7.24. The normalized spacial score (nSPS) is 13.4. The highest BCUT2D eigenvalue weighted by atomic mass is 79.9. The van der Waals surface area contributed by atoms with Crippen LogP contribution in [0, 0.1) is 17.7 Å². The summed E-state index contributed by atoms with van der Waals surface area (Å²) < 4.78 is 15.9. The van der Waals surface area contributed by atoms with E-state index < -0.39 is 0 Å². The fourth-order valence-electron chi connectivity index (χ4n) is 1.83. The van der Waals surface area contributed by atoms with Crippen LogP contribution in [0.15, 0.2) is 16.6 Å². The molecule has 0 aliphatic carbocycles. The van der Waals surface area contributed by atoms with Gasteiger partial charge in [-0.15, -0.1) is 0 Å². The summed E-state index contributed by atoms with van der Waals surface area (Å²) in [5.41, 5.74) is 7.39. The molecule has 1 unspecified atom stereocenters. The van der Waals surface area contributed by atoms with Crippen molar-refractivity contribution in [1.29, 1.82) is 0 Å². The molecule has 0 fully saturated rings. The number of fused-ring (bicyclic) bond motifs is 1. The maximum atomic E-state index is 13.6. The average molecular weight is 314 g/mol. The van der Waals surface area contributed by atoms with E-state index in [4.69, 9.17) is 5.73 Å².